The number of hydrogen-bond donors (Lipinski definition) is 0. The molecule has 0 aromatic carbocycles. The maximum Gasteiger partial charge on any atom is 0.0786 e. The predicted octanol–water partition coefficient (Wildman–Crippen LogP) is 14.4. The molecule has 248 valence electrons. The molecule has 0 bridgehead atoms. The number of nitrogens with zero attached hydrogens (tertiary/aromatic N) is 1. The van der Waals surface area contributed by atoms with Crippen molar-refractivity contribution in [2.45, 2.75) is 233 Å². The van der Waals surface area contributed by atoms with Crippen molar-refractivity contribution in [1.29, 1.82) is 0 Å². The minimum absolute atomic E-state index is 1.37. The molecule has 1 heteroatoms. The summed E-state index contributed by atoms with van der Waals surface area (Å²) < 4.78 is 1.48. The Hall–Kier alpha value is -0.0400. The second-order valence-electron chi connectivity index (χ2n) is 14.1. The second kappa shape index (κ2) is 34.5. The van der Waals surface area contributed by atoms with E-state index in [1.54, 1.807) is 0 Å². The molecular formula is C40H84N+. The van der Waals surface area contributed by atoms with Crippen LogP contribution in [-0.4, -0.2) is 30.7 Å². The zero-order valence-electron chi connectivity index (χ0n) is 29.9. The zero-order chi connectivity index (χ0) is 30.0. The van der Waals surface area contributed by atoms with Gasteiger partial charge in [0.25, 0.3) is 0 Å². The molecule has 0 aliphatic heterocycles. The largest absolute Gasteiger partial charge is 0.324 e. The molecule has 0 rings (SSSR count). The minimum atomic E-state index is 1.37. The van der Waals surface area contributed by atoms with Gasteiger partial charge in [0, 0.05) is 0 Å². The molecule has 0 unspecified atom stereocenters. The highest BCUT2D eigenvalue weighted by Crippen LogP contribution is 2.21. The number of quaternary nitrogens is 1. The fraction of sp³-hybridized carbons (Fsp3) is 1.00. The van der Waals surface area contributed by atoms with Crippen molar-refractivity contribution in [2.24, 2.45) is 0 Å². The minimum Gasteiger partial charge on any atom is -0.324 e. The molecule has 0 fully saturated rings. The van der Waals surface area contributed by atoms with Crippen LogP contribution in [-0.2, 0) is 0 Å². The SMILES string of the molecule is CCCCCCCCCCCC[N+](CCCCCCCC)(CCCCCCCC)CCCCCCCCCCCC. The van der Waals surface area contributed by atoms with E-state index < -0.39 is 0 Å². The highest BCUT2D eigenvalue weighted by atomic mass is 15.3. The van der Waals surface area contributed by atoms with Gasteiger partial charge in [-0.3, -0.25) is 0 Å². The molecule has 0 radical (unpaired) electrons. The van der Waals surface area contributed by atoms with E-state index in [0.717, 1.165) is 0 Å². The van der Waals surface area contributed by atoms with Gasteiger partial charge in [-0.1, -0.05) is 182 Å². The third-order valence-electron chi connectivity index (χ3n) is 9.94. The third kappa shape index (κ3) is 29.8. The van der Waals surface area contributed by atoms with E-state index in [1.807, 2.05) is 0 Å². The van der Waals surface area contributed by atoms with Crippen LogP contribution < -0.4 is 0 Å². The Morgan fingerprint density at radius 2 is 0.341 bits per heavy atom. The first-order chi connectivity index (χ1) is 20.2. The van der Waals surface area contributed by atoms with Gasteiger partial charge in [-0.2, -0.15) is 0 Å². The monoisotopic (exact) mass is 579 g/mol. The molecule has 0 aliphatic rings. The first kappa shape index (κ1) is 41.0. The van der Waals surface area contributed by atoms with Crippen molar-refractivity contribution in [3.63, 3.8) is 0 Å². The highest BCUT2D eigenvalue weighted by Gasteiger charge is 2.25. The summed E-state index contributed by atoms with van der Waals surface area (Å²) in [5.74, 6) is 0. The van der Waals surface area contributed by atoms with E-state index in [4.69, 9.17) is 0 Å². The molecule has 0 saturated carbocycles. The van der Waals surface area contributed by atoms with Crippen molar-refractivity contribution in [2.75, 3.05) is 26.2 Å². The topological polar surface area (TPSA) is 0 Å². The Morgan fingerprint density at radius 3 is 0.512 bits per heavy atom. The molecule has 0 aliphatic carbocycles. The fourth-order valence-electron chi connectivity index (χ4n) is 7.00. The van der Waals surface area contributed by atoms with Gasteiger partial charge in [-0.15, -0.1) is 0 Å². The lowest BCUT2D eigenvalue weighted by Crippen LogP contribution is -2.50. The molecule has 0 aromatic heterocycles. The summed E-state index contributed by atoms with van der Waals surface area (Å²) >= 11 is 0. The van der Waals surface area contributed by atoms with Gasteiger partial charge in [-0.25, -0.2) is 0 Å². The van der Waals surface area contributed by atoms with Gasteiger partial charge in [0.2, 0.25) is 0 Å². The number of hydrogen-bond acceptors (Lipinski definition) is 0. The van der Waals surface area contributed by atoms with Gasteiger partial charge in [0.05, 0.1) is 26.2 Å². The molecule has 0 aromatic rings. The maximum atomic E-state index is 2.35. The summed E-state index contributed by atoms with van der Waals surface area (Å²) in [7, 11) is 0. The van der Waals surface area contributed by atoms with Crippen LogP contribution in [0.15, 0.2) is 0 Å². The van der Waals surface area contributed by atoms with Crippen LogP contribution in [0, 0.1) is 0 Å². The number of rotatable bonds is 36. The molecule has 1 nitrogen and oxygen atoms in total. The summed E-state index contributed by atoms with van der Waals surface area (Å²) in [5.41, 5.74) is 0. The first-order valence-electron chi connectivity index (χ1n) is 20.1. The summed E-state index contributed by atoms with van der Waals surface area (Å²) in [5, 5.41) is 0. The van der Waals surface area contributed by atoms with Crippen LogP contribution in [0.4, 0.5) is 0 Å². The average molecular weight is 579 g/mol. The van der Waals surface area contributed by atoms with Gasteiger partial charge in [-0.05, 0) is 51.4 Å². The van der Waals surface area contributed by atoms with E-state index >= 15 is 0 Å². The summed E-state index contributed by atoms with van der Waals surface area (Å²) in [6, 6.07) is 0. The van der Waals surface area contributed by atoms with Gasteiger partial charge in [0.15, 0.2) is 0 Å². The molecule has 0 spiro atoms. The molecule has 0 N–H and O–H groups in total. The van der Waals surface area contributed by atoms with Crippen molar-refractivity contribution >= 4 is 0 Å². The van der Waals surface area contributed by atoms with Crippen LogP contribution in [0.2, 0.25) is 0 Å². The lowest BCUT2D eigenvalue weighted by molar-refractivity contribution is -0.929. The predicted molar refractivity (Wildman–Crippen MR) is 190 cm³/mol. The lowest BCUT2D eigenvalue weighted by atomic mass is 10.0. The van der Waals surface area contributed by atoms with Gasteiger partial charge < -0.3 is 4.48 Å². The third-order valence-corrected chi connectivity index (χ3v) is 9.94. The molecule has 0 heterocycles. The molecule has 41 heavy (non-hydrogen) atoms. The summed E-state index contributed by atoms with van der Waals surface area (Å²) in [6.07, 6.45) is 46.7. The summed E-state index contributed by atoms with van der Waals surface area (Å²) in [4.78, 5) is 0. The smallest absolute Gasteiger partial charge is 0.0786 e. The summed E-state index contributed by atoms with van der Waals surface area (Å²) in [6.45, 7) is 15.3. The lowest BCUT2D eigenvalue weighted by Gasteiger charge is -2.40. The van der Waals surface area contributed by atoms with Crippen molar-refractivity contribution < 1.29 is 4.48 Å². The molecule has 0 amide bonds. The second-order valence-corrected chi connectivity index (χ2v) is 14.1. The Balaban J connectivity index is 4.71. The zero-order valence-corrected chi connectivity index (χ0v) is 29.9. The van der Waals surface area contributed by atoms with Gasteiger partial charge >= 0.3 is 0 Å². The first-order valence-corrected chi connectivity index (χ1v) is 20.1. The van der Waals surface area contributed by atoms with E-state index in [1.165, 1.54) is 236 Å². The van der Waals surface area contributed by atoms with Crippen LogP contribution >= 0.6 is 0 Å². The van der Waals surface area contributed by atoms with Crippen molar-refractivity contribution in [1.82, 2.24) is 0 Å². The maximum absolute atomic E-state index is 2.35. The molecular weight excluding hydrogens is 494 g/mol. The van der Waals surface area contributed by atoms with E-state index in [-0.39, 0.29) is 0 Å². The average Bonchev–Trinajstić information content (AvgIpc) is 2.98. The normalized spacial score (nSPS) is 12.0. The Labute approximate surface area is 263 Å². The number of unbranched alkanes of at least 4 members (excludes halogenated alkanes) is 28. The van der Waals surface area contributed by atoms with E-state index in [0.29, 0.717) is 0 Å². The van der Waals surface area contributed by atoms with Crippen LogP contribution in [0.1, 0.15) is 233 Å². The van der Waals surface area contributed by atoms with Crippen LogP contribution in [0.25, 0.3) is 0 Å². The van der Waals surface area contributed by atoms with Crippen molar-refractivity contribution in [3.8, 4) is 0 Å². The Kier molecular flexibility index (Phi) is 34.4. The quantitative estimate of drug-likeness (QED) is 0.0512. The van der Waals surface area contributed by atoms with Crippen molar-refractivity contribution in [3.05, 3.63) is 0 Å². The fourth-order valence-corrected chi connectivity index (χ4v) is 7.00. The highest BCUT2D eigenvalue weighted by molar-refractivity contribution is 4.56. The van der Waals surface area contributed by atoms with Crippen LogP contribution in [0.3, 0.4) is 0 Å². The van der Waals surface area contributed by atoms with E-state index in [2.05, 4.69) is 27.7 Å². The Bertz CT molecular complexity index is 416. The van der Waals surface area contributed by atoms with E-state index in [9.17, 15) is 0 Å². The molecule has 0 atom stereocenters. The van der Waals surface area contributed by atoms with Crippen LogP contribution in [0.5, 0.6) is 0 Å². The molecule has 0 saturated heterocycles. The van der Waals surface area contributed by atoms with Gasteiger partial charge in [0.1, 0.15) is 0 Å². The standard InChI is InChI=1S/C40H84N/c1-5-9-13-17-21-23-25-27-31-35-39-41(37-33-29-19-15-11-7-3,38-34-30-20-16-12-8-4)40-36-32-28-26-24-22-18-14-10-6-2/h5-40H2,1-4H3/q+1. The Morgan fingerprint density at radius 1 is 0.195 bits per heavy atom.